The van der Waals surface area contributed by atoms with Crippen LogP contribution in [0.15, 0.2) is 24.3 Å². The summed E-state index contributed by atoms with van der Waals surface area (Å²) in [5, 5.41) is 3.28. The molecule has 0 saturated heterocycles. The minimum Gasteiger partial charge on any atom is -0.483 e. The molecular weight excluding hydrogens is 264 g/mol. The van der Waals surface area contributed by atoms with Crippen molar-refractivity contribution in [2.24, 2.45) is 0 Å². The summed E-state index contributed by atoms with van der Waals surface area (Å²) >= 11 is 0. The molecule has 4 heteroatoms. The number of amides is 1. The van der Waals surface area contributed by atoms with Gasteiger partial charge in [-0.2, -0.15) is 0 Å². The van der Waals surface area contributed by atoms with Crippen molar-refractivity contribution in [3.63, 3.8) is 0 Å². The van der Waals surface area contributed by atoms with Crippen LogP contribution >= 0.6 is 0 Å². The standard InChI is InChI=1S/C17H26N2O2/c1-4-15(18-3)14-8-6-7-9-16(14)21-12-17(20)19(5-2)13-10-11-13/h6-9,13,15,18H,4-5,10-12H2,1-3H3. The van der Waals surface area contributed by atoms with Crippen LogP contribution in [-0.4, -0.2) is 37.0 Å². The second kappa shape index (κ2) is 7.46. The van der Waals surface area contributed by atoms with Gasteiger partial charge in [-0.15, -0.1) is 0 Å². The van der Waals surface area contributed by atoms with Gasteiger partial charge >= 0.3 is 0 Å². The van der Waals surface area contributed by atoms with Crippen molar-refractivity contribution in [3.8, 4) is 5.75 Å². The lowest BCUT2D eigenvalue weighted by Gasteiger charge is -2.22. The van der Waals surface area contributed by atoms with Crippen LogP contribution in [0.2, 0.25) is 0 Å². The monoisotopic (exact) mass is 290 g/mol. The summed E-state index contributed by atoms with van der Waals surface area (Å²) in [4.78, 5) is 14.2. The fourth-order valence-corrected chi connectivity index (χ4v) is 2.73. The molecule has 1 fully saturated rings. The normalized spacial score (nSPS) is 15.6. The number of hydrogen-bond acceptors (Lipinski definition) is 3. The quantitative estimate of drug-likeness (QED) is 0.800. The molecular formula is C17H26N2O2. The summed E-state index contributed by atoms with van der Waals surface area (Å²) in [6.45, 7) is 5.05. The number of nitrogens with one attached hydrogen (secondary N) is 1. The Morgan fingerprint density at radius 1 is 1.38 bits per heavy atom. The Bertz CT molecular complexity index is 468. The smallest absolute Gasteiger partial charge is 0.260 e. The van der Waals surface area contributed by atoms with Crippen molar-refractivity contribution < 1.29 is 9.53 Å². The van der Waals surface area contributed by atoms with Gasteiger partial charge in [0.1, 0.15) is 5.75 Å². The van der Waals surface area contributed by atoms with Crippen molar-refractivity contribution in [2.45, 2.75) is 45.2 Å². The molecule has 1 unspecified atom stereocenters. The third-order valence-electron chi connectivity index (χ3n) is 4.05. The van der Waals surface area contributed by atoms with Gasteiger partial charge in [0, 0.05) is 24.2 Å². The van der Waals surface area contributed by atoms with Gasteiger partial charge in [-0.3, -0.25) is 4.79 Å². The predicted octanol–water partition coefficient (Wildman–Crippen LogP) is 2.75. The average molecular weight is 290 g/mol. The summed E-state index contributed by atoms with van der Waals surface area (Å²) in [6, 6.07) is 8.65. The van der Waals surface area contributed by atoms with Crippen molar-refractivity contribution in [1.29, 1.82) is 0 Å². The van der Waals surface area contributed by atoms with E-state index >= 15 is 0 Å². The highest BCUT2D eigenvalue weighted by atomic mass is 16.5. The number of hydrogen-bond donors (Lipinski definition) is 1. The van der Waals surface area contributed by atoms with Gasteiger partial charge in [0.2, 0.25) is 0 Å². The van der Waals surface area contributed by atoms with E-state index < -0.39 is 0 Å². The zero-order chi connectivity index (χ0) is 15.2. The number of para-hydroxylation sites is 1. The van der Waals surface area contributed by atoms with E-state index in [0.29, 0.717) is 6.04 Å². The van der Waals surface area contributed by atoms with Crippen molar-refractivity contribution >= 4 is 5.91 Å². The van der Waals surface area contributed by atoms with Crippen molar-refractivity contribution in [2.75, 3.05) is 20.2 Å². The Kier molecular flexibility index (Phi) is 5.62. The highest BCUT2D eigenvalue weighted by Crippen LogP contribution is 2.28. The van der Waals surface area contributed by atoms with E-state index in [1.54, 1.807) is 0 Å². The number of likely N-dealkylation sites (N-methyl/N-ethyl adjacent to an activating group) is 1. The van der Waals surface area contributed by atoms with Crippen LogP contribution < -0.4 is 10.1 Å². The van der Waals surface area contributed by atoms with Gasteiger partial charge in [-0.05, 0) is 39.3 Å². The van der Waals surface area contributed by atoms with Crippen LogP contribution in [-0.2, 0) is 4.79 Å². The molecule has 0 spiro atoms. The zero-order valence-electron chi connectivity index (χ0n) is 13.3. The molecule has 0 aliphatic heterocycles. The fourth-order valence-electron chi connectivity index (χ4n) is 2.73. The Hall–Kier alpha value is -1.55. The van der Waals surface area contributed by atoms with E-state index in [1.165, 1.54) is 0 Å². The first kappa shape index (κ1) is 15.8. The number of carbonyl (C=O) groups is 1. The molecule has 1 aliphatic rings. The molecule has 1 aromatic rings. The number of carbonyl (C=O) groups excluding carboxylic acids is 1. The first-order valence-corrected chi connectivity index (χ1v) is 7.89. The lowest BCUT2D eigenvalue weighted by molar-refractivity contribution is -0.133. The maximum atomic E-state index is 12.2. The molecule has 1 amide bonds. The molecule has 2 rings (SSSR count). The Labute approximate surface area is 127 Å². The van der Waals surface area contributed by atoms with Crippen LogP contribution in [0.3, 0.4) is 0 Å². The Balaban J connectivity index is 2.00. The lowest BCUT2D eigenvalue weighted by Crippen LogP contribution is -2.36. The first-order valence-electron chi connectivity index (χ1n) is 7.89. The van der Waals surface area contributed by atoms with Crippen LogP contribution in [0.4, 0.5) is 0 Å². The molecule has 4 nitrogen and oxygen atoms in total. The molecule has 0 radical (unpaired) electrons. The van der Waals surface area contributed by atoms with Gasteiger partial charge in [-0.1, -0.05) is 25.1 Å². The third-order valence-corrected chi connectivity index (χ3v) is 4.05. The summed E-state index contributed by atoms with van der Waals surface area (Å²) in [7, 11) is 1.95. The Morgan fingerprint density at radius 3 is 2.67 bits per heavy atom. The van der Waals surface area contributed by atoms with Crippen molar-refractivity contribution in [3.05, 3.63) is 29.8 Å². The van der Waals surface area contributed by atoms with Gasteiger partial charge in [0.05, 0.1) is 0 Å². The number of rotatable bonds is 8. The van der Waals surface area contributed by atoms with E-state index in [2.05, 4.69) is 18.3 Å². The maximum Gasteiger partial charge on any atom is 0.260 e. The summed E-state index contributed by atoms with van der Waals surface area (Å²) in [5.74, 6) is 0.895. The van der Waals surface area contributed by atoms with Gasteiger partial charge in [-0.25, -0.2) is 0 Å². The van der Waals surface area contributed by atoms with E-state index in [0.717, 1.165) is 37.1 Å². The summed E-state index contributed by atoms with van der Waals surface area (Å²) < 4.78 is 5.81. The molecule has 0 bridgehead atoms. The largest absolute Gasteiger partial charge is 0.483 e. The summed E-state index contributed by atoms with van der Waals surface area (Å²) in [6.07, 6.45) is 3.25. The van der Waals surface area contributed by atoms with E-state index in [1.807, 2.05) is 37.1 Å². The first-order chi connectivity index (χ1) is 10.2. The lowest BCUT2D eigenvalue weighted by atomic mass is 10.0. The number of ether oxygens (including phenoxy) is 1. The molecule has 1 aromatic carbocycles. The van der Waals surface area contributed by atoms with E-state index in [4.69, 9.17) is 4.74 Å². The Morgan fingerprint density at radius 2 is 2.10 bits per heavy atom. The average Bonchev–Trinajstić information content (AvgIpc) is 3.33. The molecule has 1 atom stereocenters. The van der Waals surface area contributed by atoms with E-state index in [-0.39, 0.29) is 18.6 Å². The number of nitrogens with zero attached hydrogens (tertiary/aromatic N) is 1. The van der Waals surface area contributed by atoms with Crippen molar-refractivity contribution in [1.82, 2.24) is 10.2 Å². The second-order valence-electron chi connectivity index (χ2n) is 5.49. The van der Waals surface area contributed by atoms with E-state index in [9.17, 15) is 4.79 Å². The second-order valence-corrected chi connectivity index (χ2v) is 5.49. The van der Waals surface area contributed by atoms with Crippen LogP contribution in [0.5, 0.6) is 5.75 Å². The van der Waals surface area contributed by atoms with Crippen LogP contribution in [0, 0.1) is 0 Å². The SMILES string of the molecule is CCC(NC)c1ccccc1OCC(=O)N(CC)C1CC1. The fraction of sp³-hybridized carbons (Fsp3) is 0.588. The zero-order valence-corrected chi connectivity index (χ0v) is 13.3. The topological polar surface area (TPSA) is 41.6 Å². The van der Waals surface area contributed by atoms with Crippen LogP contribution in [0.25, 0.3) is 0 Å². The molecule has 0 heterocycles. The predicted molar refractivity (Wildman–Crippen MR) is 84.4 cm³/mol. The minimum absolute atomic E-state index is 0.0901. The third kappa shape index (κ3) is 3.97. The summed E-state index contributed by atoms with van der Waals surface area (Å²) in [5.41, 5.74) is 1.12. The highest BCUT2D eigenvalue weighted by Gasteiger charge is 2.31. The highest BCUT2D eigenvalue weighted by molar-refractivity contribution is 5.78. The molecule has 21 heavy (non-hydrogen) atoms. The molecule has 1 aliphatic carbocycles. The molecule has 116 valence electrons. The molecule has 1 saturated carbocycles. The molecule has 0 aromatic heterocycles. The minimum atomic E-state index is 0.0901. The number of benzene rings is 1. The van der Waals surface area contributed by atoms with Gasteiger partial charge < -0.3 is 15.0 Å². The maximum absolute atomic E-state index is 12.2. The van der Waals surface area contributed by atoms with Gasteiger partial charge in [0.15, 0.2) is 6.61 Å². The molecule has 1 N–H and O–H groups in total. The van der Waals surface area contributed by atoms with Gasteiger partial charge in [0.25, 0.3) is 5.91 Å². The van der Waals surface area contributed by atoms with Crippen LogP contribution in [0.1, 0.15) is 44.7 Å².